The van der Waals surface area contributed by atoms with E-state index < -0.39 is 0 Å². The number of hydrogen-bond donors (Lipinski definition) is 1. The van der Waals surface area contributed by atoms with E-state index in [9.17, 15) is 0 Å². The molecule has 0 saturated heterocycles. The van der Waals surface area contributed by atoms with Gasteiger partial charge in [-0.3, -0.25) is 0 Å². The molecule has 0 aliphatic heterocycles. The zero-order valence-electron chi connectivity index (χ0n) is 12.9. The van der Waals surface area contributed by atoms with Gasteiger partial charge in [0, 0.05) is 42.6 Å². The highest BCUT2D eigenvalue weighted by Crippen LogP contribution is 2.26. The maximum Gasteiger partial charge on any atom is 0.123 e. The second kappa shape index (κ2) is 6.72. The lowest BCUT2D eigenvalue weighted by Crippen LogP contribution is -2.11. The van der Waals surface area contributed by atoms with Crippen LogP contribution in [0.3, 0.4) is 0 Å². The van der Waals surface area contributed by atoms with Crippen LogP contribution in [0.1, 0.15) is 11.1 Å². The molecule has 0 radical (unpaired) electrons. The van der Waals surface area contributed by atoms with E-state index in [1.54, 1.807) is 7.11 Å². The molecule has 21 heavy (non-hydrogen) atoms. The fraction of sp³-hybridized carbons (Fsp3) is 0.294. The molecule has 0 unspecified atom stereocenters. The van der Waals surface area contributed by atoms with Crippen LogP contribution >= 0.6 is 11.6 Å². The number of aryl methyl sites for hydroxylation is 1. The molecule has 0 bridgehead atoms. The van der Waals surface area contributed by atoms with Gasteiger partial charge in [-0.05, 0) is 42.8 Å². The van der Waals surface area contributed by atoms with E-state index in [-0.39, 0.29) is 0 Å². The first-order valence-corrected chi connectivity index (χ1v) is 7.23. The van der Waals surface area contributed by atoms with E-state index in [2.05, 4.69) is 35.3 Å². The molecule has 0 fully saturated rings. The lowest BCUT2D eigenvalue weighted by molar-refractivity contribution is 0.410. The van der Waals surface area contributed by atoms with Crippen LogP contribution in [0.5, 0.6) is 5.75 Å². The summed E-state index contributed by atoms with van der Waals surface area (Å²) in [4.78, 5) is 2.11. The van der Waals surface area contributed by atoms with Gasteiger partial charge in [-0.25, -0.2) is 0 Å². The number of halogens is 1. The summed E-state index contributed by atoms with van der Waals surface area (Å²) in [6.07, 6.45) is 0. The Kier molecular flexibility index (Phi) is 4.97. The molecule has 2 aromatic carbocycles. The van der Waals surface area contributed by atoms with Crippen molar-refractivity contribution in [2.45, 2.75) is 13.5 Å². The molecule has 0 spiro atoms. The largest absolute Gasteiger partial charge is 0.496 e. The van der Waals surface area contributed by atoms with Gasteiger partial charge in [0.2, 0.25) is 0 Å². The molecule has 0 saturated carbocycles. The number of anilines is 2. The fourth-order valence-electron chi connectivity index (χ4n) is 2.28. The molecule has 112 valence electrons. The number of ether oxygens (including phenoxy) is 1. The minimum absolute atomic E-state index is 0.666. The van der Waals surface area contributed by atoms with Crippen LogP contribution in [0.15, 0.2) is 36.4 Å². The van der Waals surface area contributed by atoms with E-state index >= 15 is 0 Å². The van der Waals surface area contributed by atoms with Crippen LogP contribution < -0.4 is 15.0 Å². The molecule has 0 aromatic heterocycles. The fourth-order valence-corrected chi connectivity index (χ4v) is 2.48. The number of nitrogens with zero attached hydrogens (tertiary/aromatic N) is 1. The van der Waals surface area contributed by atoms with Crippen LogP contribution in [0, 0.1) is 6.92 Å². The van der Waals surface area contributed by atoms with E-state index in [1.807, 2.05) is 32.3 Å². The number of methoxy groups -OCH3 is 1. The Morgan fingerprint density at radius 3 is 2.57 bits per heavy atom. The third kappa shape index (κ3) is 3.82. The average Bonchev–Trinajstić information content (AvgIpc) is 2.46. The lowest BCUT2D eigenvalue weighted by Gasteiger charge is -2.18. The molecule has 4 heteroatoms. The summed E-state index contributed by atoms with van der Waals surface area (Å²) >= 11 is 6.05. The standard InChI is InChI=1S/C17H21ClN2O/c1-12-5-7-15(10-16(12)20(2)3)19-11-13-9-14(18)6-8-17(13)21-4/h5-10,19H,11H2,1-4H3. The van der Waals surface area contributed by atoms with Crippen molar-refractivity contribution in [3.63, 3.8) is 0 Å². The van der Waals surface area contributed by atoms with Gasteiger partial charge in [0.05, 0.1) is 7.11 Å². The van der Waals surface area contributed by atoms with Crippen molar-refractivity contribution in [3.05, 3.63) is 52.5 Å². The van der Waals surface area contributed by atoms with Crippen LogP contribution in [-0.2, 0) is 6.54 Å². The minimum Gasteiger partial charge on any atom is -0.496 e. The third-order valence-corrected chi connectivity index (χ3v) is 3.65. The summed E-state index contributed by atoms with van der Waals surface area (Å²) in [7, 11) is 5.76. The Bertz CT molecular complexity index is 626. The van der Waals surface area contributed by atoms with Gasteiger partial charge in [-0.1, -0.05) is 17.7 Å². The Morgan fingerprint density at radius 2 is 1.90 bits per heavy atom. The van der Waals surface area contributed by atoms with Crippen molar-refractivity contribution in [2.24, 2.45) is 0 Å². The number of benzene rings is 2. The van der Waals surface area contributed by atoms with Crippen molar-refractivity contribution in [1.82, 2.24) is 0 Å². The normalized spacial score (nSPS) is 10.3. The van der Waals surface area contributed by atoms with Crippen LogP contribution in [0.4, 0.5) is 11.4 Å². The molecule has 0 aliphatic rings. The van der Waals surface area contributed by atoms with Gasteiger partial charge in [0.1, 0.15) is 5.75 Å². The number of hydrogen-bond acceptors (Lipinski definition) is 3. The lowest BCUT2D eigenvalue weighted by atomic mass is 10.1. The topological polar surface area (TPSA) is 24.5 Å². The van der Waals surface area contributed by atoms with E-state index in [4.69, 9.17) is 16.3 Å². The highest BCUT2D eigenvalue weighted by molar-refractivity contribution is 6.30. The van der Waals surface area contributed by atoms with E-state index in [1.165, 1.54) is 11.3 Å². The summed E-state index contributed by atoms with van der Waals surface area (Å²) in [5.41, 5.74) is 4.58. The highest BCUT2D eigenvalue weighted by Gasteiger charge is 2.06. The van der Waals surface area contributed by atoms with Crippen LogP contribution in [-0.4, -0.2) is 21.2 Å². The Labute approximate surface area is 131 Å². The molecule has 0 atom stereocenters. The Hall–Kier alpha value is -1.87. The van der Waals surface area contributed by atoms with Crippen molar-refractivity contribution in [1.29, 1.82) is 0 Å². The highest BCUT2D eigenvalue weighted by atomic mass is 35.5. The third-order valence-electron chi connectivity index (χ3n) is 3.42. The van der Waals surface area contributed by atoms with Crippen molar-refractivity contribution >= 4 is 23.0 Å². The zero-order valence-corrected chi connectivity index (χ0v) is 13.7. The first kappa shape index (κ1) is 15.5. The van der Waals surface area contributed by atoms with Gasteiger partial charge in [-0.15, -0.1) is 0 Å². The number of nitrogens with one attached hydrogen (secondary N) is 1. The smallest absolute Gasteiger partial charge is 0.123 e. The van der Waals surface area contributed by atoms with Gasteiger partial charge in [0.25, 0.3) is 0 Å². The van der Waals surface area contributed by atoms with Gasteiger partial charge >= 0.3 is 0 Å². The Morgan fingerprint density at radius 1 is 1.14 bits per heavy atom. The Balaban J connectivity index is 2.17. The van der Waals surface area contributed by atoms with Gasteiger partial charge < -0.3 is 15.0 Å². The summed E-state index contributed by atoms with van der Waals surface area (Å²) in [6, 6.07) is 12.0. The maximum atomic E-state index is 6.05. The first-order valence-electron chi connectivity index (χ1n) is 6.85. The van der Waals surface area contributed by atoms with E-state index in [0.717, 1.165) is 17.0 Å². The van der Waals surface area contributed by atoms with Gasteiger partial charge in [0.15, 0.2) is 0 Å². The number of rotatable bonds is 5. The quantitative estimate of drug-likeness (QED) is 0.889. The predicted molar refractivity (Wildman–Crippen MR) is 90.8 cm³/mol. The molecule has 0 amide bonds. The van der Waals surface area contributed by atoms with Gasteiger partial charge in [-0.2, -0.15) is 0 Å². The maximum absolute atomic E-state index is 6.05. The molecule has 3 nitrogen and oxygen atoms in total. The molecule has 2 aromatic rings. The molecule has 0 heterocycles. The summed E-state index contributed by atoms with van der Waals surface area (Å²) < 4.78 is 5.36. The molecular weight excluding hydrogens is 284 g/mol. The second-order valence-corrected chi connectivity index (χ2v) is 5.64. The predicted octanol–water partition coefficient (Wildman–Crippen LogP) is 4.34. The average molecular weight is 305 g/mol. The SMILES string of the molecule is COc1ccc(Cl)cc1CNc1ccc(C)c(N(C)C)c1. The monoisotopic (exact) mass is 304 g/mol. The van der Waals surface area contributed by atoms with Crippen molar-refractivity contribution < 1.29 is 4.74 Å². The first-order chi connectivity index (χ1) is 10.0. The molecule has 2 rings (SSSR count). The van der Waals surface area contributed by atoms with Crippen LogP contribution in [0.25, 0.3) is 0 Å². The summed E-state index contributed by atoms with van der Waals surface area (Å²) in [5, 5.41) is 4.13. The molecule has 1 N–H and O–H groups in total. The van der Waals surface area contributed by atoms with Crippen molar-refractivity contribution in [3.8, 4) is 5.75 Å². The molecule has 0 aliphatic carbocycles. The summed E-state index contributed by atoms with van der Waals surface area (Å²) in [6.45, 7) is 2.78. The second-order valence-electron chi connectivity index (χ2n) is 5.21. The van der Waals surface area contributed by atoms with E-state index in [0.29, 0.717) is 11.6 Å². The van der Waals surface area contributed by atoms with Crippen molar-refractivity contribution in [2.75, 3.05) is 31.4 Å². The minimum atomic E-state index is 0.666. The summed E-state index contributed by atoms with van der Waals surface area (Å²) in [5.74, 6) is 0.840. The zero-order chi connectivity index (χ0) is 15.4. The van der Waals surface area contributed by atoms with Crippen LogP contribution in [0.2, 0.25) is 5.02 Å². The molecular formula is C17H21ClN2O.